The first-order chi connectivity index (χ1) is 9.78. The average molecular weight is 295 g/mol. The number of rotatable bonds is 5. The summed E-state index contributed by atoms with van der Waals surface area (Å²) in [5, 5.41) is 10.6. The first-order valence-electron chi connectivity index (χ1n) is 5.75. The number of methoxy groups -OCH3 is 2. The van der Waals surface area contributed by atoms with Crippen molar-refractivity contribution in [1.82, 2.24) is 0 Å². The van der Waals surface area contributed by atoms with Crippen molar-refractivity contribution < 1.29 is 28.8 Å². The Hall–Kier alpha value is -2.77. The van der Waals surface area contributed by atoms with Crippen molar-refractivity contribution in [2.24, 2.45) is 5.41 Å². The van der Waals surface area contributed by atoms with Crippen molar-refractivity contribution in [2.75, 3.05) is 14.2 Å². The van der Waals surface area contributed by atoms with Gasteiger partial charge in [0, 0.05) is 17.7 Å². The zero-order valence-electron chi connectivity index (χ0n) is 11.6. The number of non-ortho nitro benzene ring substituents is 1. The lowest BCUT2D eigenvalue weighted by Crippen LogP contribution is -2.45. The van der Waals surface area contributed by atoms with Gasteiger partial charge < -0.3 is 9.47 Å². The van der Waals surface area contributed by atoms with E-state index in [-0.39, 0.29) is 11.3 Å². The van der Waals surface area contributed by atoms with Crippen LogP contribution in [0.25, 0.3) is 0 Å². The monoisotopic (exact) mass is 295 g/mol. The number of nitro benzene ring substituents is 1. The molecule has 0 aliphatic rings. The van der Waals surface area contributed by atoms with E-state index in [4.69, 9.17) is 0 Å². The highest BCUT2D eigenvalue weighted by Crippen LogP contribution is 2.27. The summed E-state index contributed by atoms with van der Waals surface area (Å²) in [7, 11) is 2.07. The van der Waals surface area contributed by atoms with Crippen LogP contribution >= 0.6 is 0 Å². The number of carbonyl (C=O) groups excluding carboxylic acids is 3. The molecule has 0 unspecified atom stereocenters. The van der Waals surface area contributed by atoms with Gasteiger partial charge in [0.25, 0.3) is 5.69 Å². The molecule has 21 heavy (non-hydrogen) atoms. The third-order valence-corrected chi connectivity index (χ3v) is 2.98. The largest absolute Gasteiger partial charge is 0.468 e. The second-order valence-corrected chi connectivity index (χ2v) is 4.24. The number of ether oxygens (including phenoxy) is 2. The van der Waals surface area contributed by atoms with E-state index in [1.807, 2.05) is 0 Å². The topological polar surface area (TPSA) is 113 Å². The van der Waals surface area contributed by atoms with Crippen LogP contribution in [-0.4, -0.2) is 36.9 Å². The van der Waals surface area contributed by atoms with Gasteiger partial charge in [-0.2, -0.15) is 0 Å². The molecular formula is C13H13NO7. The number of Topliss-reactive ketones (excluding diaryl/α,β-unsaturated/α-hetero) is 1. The van der Waals surface area contributed by atoms with Crippen LogP contribution in [0, 0.1) is 15.5 Å². The Morgan fingerprint density at radius 2 is 1.48 bits per heavy atom. The van der Waals surface area contributed by atoms with Gasteiger partial charge in [0.2, 0.25) is 5.41 Å². The summed E-state index contributed by atoms with van der Waals surface area (Å²) < 4.78 is 8.95. The highest BCUT2D eigenvalue weighted by atomic mass is 16.6. The highest BCUT2D eigenvalue weighted by Gasteiger charge is 2.51. The molecule has 0 bridgehead atoms. The van der Waals surface area contributed by atoms with Gasteiger partial charge in [-0.3, -0.25) is 24.5 Å². The van der Waals surface area contributed by atoms with E-state index in [1.54, 1.807) is 0 Å². The molecule has 1 aromatic carbocycles. The minimum Gasteiger partial charge on any atom is -0.468 e. The summed E-state index contributed by atoms with van der Waals surface area (Å²) in [5.41, 5.74) is -2.43. The van der Waals surface area contributed by atoms with E-state index in [9.17, 15) is 24.5 Å². The summed E-state index contributed by atoms with van der Waals surface area (Å²) >= 11 is 0. The zero-order chi connectivity index (χ0) is 16.2. The number of hydrogen-bond donors (Lipinski definition) is 0. The van der Waals surface area contributed by atoms with Crippen molar-refractivity contribution in [3.8, 4) is 0 Å². The fourth-order valence-electron chi connectivity index (χ4n) is 1.70. The summed E-state index contributed by atoms with van der Waals surface area (Å²) in [6.07, 6.45) is 0. The Morgan fingerprint density at radius 3 is 1.81 bits per heavy atom. The number of benzene rings is 1. The lowest BCUT2D eigenvalue weighted by atomic mass is 9.82. The SMILES string of the molecule is COC(=O)C(C)(C(=O)OC)C(=O)c1ccc([N+](=O)[O-])cc1. The fraction of sp³-hybridized carbons (Fsp3) is 0.308. The third kappa shape index (κ3) is 2.88. The molecule has 8 heteroatoms. The molecule has 0 heterocycles. The van der Waals surface area contributed by atoms with Crippen LogP contribution in [0.1, 0.15) is 17.3 Å². The maximum absolute atomic E-state index is 12.4. The van der Waals surface area contributed by atoms with Crippen LogP contribution in [0.4, 0.5) is 5.69 Å². The van der Waals surface area contributed by atoms with Crippen molar-refractivity contribution in [3.63, 3.8) is 0 Å². The molecule has 0 spiro atoms. The molecule has 0 saturated heterocycles. The third-order valence-electron chi connectivity index (χ3n) is 2.98. The van der Waals surface area contributed by atoms with E-state index in [1.165, 1.54) is 0 Å². The van der Waals surface area contributed by atoms with E-state index < -0.39 is 28.1 Å². The van der Waals surface area contributed by atoms with E-state index in [2.05, 4.69) is 9.47 Å². The molecule has 0 aromatic heterocycles. The predicted octanol–water partition coefficient (Wildman–Crippen LogP) is 1.13. The molecule has 0 saturated carbocycles. The van der Waals surface area contributed by atoms with Gasteiger partial charge in [-0.25, -0.2) is 0 Å². The normalized spacial score (nSPS) is 10.6. The maximum atomic E-state index is 12.4. The molecule has 0 radical (unpaired) electrons. The molecule has 0 atom stereocenters. The Bertz CT molecular complexity index is 575. The Balaban J connectivity index is 3.26. The van der Waals surface area contributed by atoms with Crippen LogP contribution in [0.2, 0.25) is 0 Å². The molecule has 1 rings (SSSR count). The number of carbonyl (C=O) groups is 3. The smallest absolute Gasteiger partial charge is 0.331 e. The highest BCUT2D eigenvalue weighted by molar-refractivity contribution is 6.25. The van der Waals surface area contributed by atoms with Crippen LogP contribution in [0.3, 0.4) is 0 Å². The van der Waals surface area contributed by atoms with Crippen molar-refractivity contribution >= 4 is 23.4 Å². The van der Waals surface area contributed by atoms with Gasteiger partial charge in [-0.1, -0.05) is 0 Å². The van der Waals surface area contributed by atoms with Crippen LogP contribution in [-0.2, 0) is 19.1 Å². The summed E-state index contributed by atoms with van der Waals surface area (Å²) in [5.74, 6) is -3.01. The molecule has 0 aliphatic carbocycles. The molecule has 112 valence electrons. The summed E-state index contributed by atoms with van der Waals surface area (Å²) in [6.45, 7) is 1.08. The van der Waals surface area contributed by atoms with Gasteiger partial charge in [0.1, 0.15) is 0 Å². The minimum atomic E-state index is -2.17. The number of esters is 2. The Morgan fingerprint density at radius 1 is 1.05 bits per heavy atom. The summed E-state index contributed by atoms with van der Waals surface area (Å²) in [6, 6.07) is 4.51. The van der Waals surface area contributed by atoms with Crippen LogP contribution < -0.4 is 0 Å². The van der Waals surface area contributed by atoms with E-state index >= 15 is 0 Å². The van der Waals surface area contributed by atoms with Gasteiger partial charge >= 0.3 is 11.9 Å². The lowest BCUT2D eigenvalue weighted by Gasteiger charge is -2.22. The Kier molecular flexibility index (Phi) is 4.75. The first kappa shape index (κ1) is 16.3. The zero-order valence-corrected chi connectivity index (χ0v) is 11.6. The van der Waals surface area contributed by atoms with Gasteiger partial charge in [-0.05, 0) is 19.1 Å². The molecule has 8 nitrogen and oxygen atoms in total. The van der Waals surface area contributed by atoms with E-state index in [0.29, 0.717) is 0 Å². The number of ketones is 1. The molecule has 1 aromatic rings. The molecule has 0 N–H and O–H groups in total. The molecular weight excluding hydrogens is 282 g/mol. The standard InChI is InChI=1S/C13H13NO7/c1-13(11(16)20-2,12(17)21-3)10(15)8-4-6-9(7-5-8)14(18)19/h4-7H,1-3H3. The molecule has 0 fully saturated rings. The van der Waals surface area contributed by atoms with E-state index in [0.717, 1.165) is 45.4 Å². The second kappa shape index (κ2) is 6.12. The van der Waals surface area contributed by atoms with Crippen LogP contribution in [0.15, 0.2) is 24.3 Å². The van der Waals surface area contributed by atoms with Crippen molar-refractivity contribution in [1.29, 1.82) is 0 Å². The lowest BCUT2D eigenvalue weighted by molar-refractivity contribution is -0.384. The maximum Gasteiger partial charge on any atom is 0.331 e. The second-order valence-electron chi connectivity index (χ2n) is 4.24. The van der Waals surface area contributed by atoms with Crippen molar-refractivity contribution in [3.05, 3.63) is 39.9 Å². The molecule has 0 amide bonds. The number of nitro groups is 1. The van der Waals surface area contributed by atoms with Crippen molar-refractivity contribution in [2.45, 2.75) is 6.92 Å². The fourth-order valence-corrected chi connectivity index (χ4v) is 1.70. The van der Waals surface area contributed by atoms with Crippen LogP contribution in [0.5, 0.6) is 0 Å². The van der Waals surface area contributed by atoms with Gasteiger partial charge in [0.05, 0.1) is 19.1 Å². The van der Waals surface area contributed by atoms with Gasteiger partial charge in [0.15, 0.2) is 5.78 Å². The predicted molar refractivity (Wildman–Crippen MR) is 69.6 cm³/mol. The minimum absolute atomic E-state index is 0.0427. The average Bonchev–Trinajstić information content (AvgIpc) is 2.51. The molecule has 0 aliphatic heterocycles. The Labute approximate surface area is 119 Å². The summed E-state index contributed by atoms with van der Waals surface area (Å²) in [4.78, 5) is 45.9. The van der Waals surface area contributed by atoms with Gasteiger partial charge in [-0.15, -0.1) is 0 Å². The number of nitrogens with zero attached hydrogens (tertiary/aromatic N) is 1. The quantitative estimate of drug-likeness (QED) is 0.263. The first-order valence-corrected chi connectivity index (χ1v) is 5.75. The number of hydrogen-bond acceptors (Lipinski definition) is 7.